The average molecular weight is 251 g/mol. The highest BCUT2D eigenvalue weighted by molar-refractivity contribution is 5.77. The van der Waals surface area contributed by atoms with Gasteiger partial charge in [-0.3, -0.25) is 4.79 Å². The van der Waals surface area contributed by atoms with Crippen molar-refractivity contribution in [3.8, 4) is 5.75 Å². The summed E-state index contributed by atoms with van der Waals surface area (Å²) in [5, 5.41) is 3.17. The molecule has 0 bridgehead atoms. The van der Waals surface area contributed by atoms with Crippen molar-refractivity contribution in [1.29, 1.82) is 0 Å². The van der Waals surface area contributed by atoms with Gasteiger partial charge in [0.2, 0.25) is 0 Å². The van der Waals surface area contributed by atoms with Crippen molar-refractivity contribution in [3.05, 3.63) is 29.8 Å². The van der Waals surface area contributed by atoms with Crippen molar-refractivity contribution in [2.45, 2.75) is 19.9 Å². The molecule has 0 saturated heterocycles. The molecule has 1 atom stereocenters. The number of benzene rings is 1. The molecule has 4 nitrogen and oxygen atoms in total. The van der Waals surface area contributed by atoms with E-state index in [0.29, 0.717) is 0 Å². The van der Waals surface area contributed by atoms with E-state index in [1.54, 1.807) is 7.11 Å². The summed E-state index contributed by atoms with van der Waals surface area (Å²) in [6.07, 6.45) is 0. The van der Waals surface area contributed by atoms with Crippen molar-refractivity contribution >= 4 is 5.97 Å². The molecule has 1 aromatic carbocycles. The quantitative estimate of drug-likeness (QED) is 0.815. The Morgan fingerprint density at radius 3 is 2.17 bits per heavy atom. The van der Waals surface area contributed by atoms with Crippen LogP contribution in [0.3, 0.4) is 0 Å². The third-order valence-electron chi connectivity index (χ3n) is 3.17. The molecule has 0 heterocycles. The predicted molar refractivity (Wildman–Crippen MR) is 70.6 cm³/mol. The first-order chi connectivity index (χ1) is 8.47. The van der Waals surface area contributed by atoms with Gasteiger partial charge in [0.05, 0.1) is 19.6 Å². The summed E-state index contributed by atoms with van der Waals surface area (Å²) >= 11 is 0. The summed E-state index contributed by atoms with van der Waals surface area (Å²) in [6.45, 7) is 3.73. The van der Waals surface area contributed by atoms with E-state index in [4.69, 9.17) is 9.47 Å². The number of methoxy groups -OCH3 is 2. The third kappa shape index (κ3) is 2.82. The van der Waals surface area contributed by atoms with Gasteiger partial charge < -0.3 is 14.8 Å². The molecule has 4 heteroatoms. The average Bonchev–Trinajstić information content (AvgIpc) is 2.39. The van der Waals surface area contributed by atoms with Gasteiger partial charge in [-0.2, -0.15) is 0 Å². The van der Waals surface area contributed by atoms with Gasteiger partial charge in [-0.25, -0.2) is 0 Å². The van der Waals surface area contributed by atoms with Crippen LogP contribution in [-0.2, 0) is 9.53 Å². The van der Waals surface area contributed by atoms with E-state index in [2.05, 4.69) is 5.32 Å². The second kappa shape index (κ2) is 5.87. The zero-order valence-electron chi connectivity index (χ0n) is 11.6. The van der Waals surface area contributed by atoms with Crippen molar-refractivity contribution < 1.29 is 14.3 Å². The van der Waals surface area contributed by atoms with E-state index >= 15 is 0 Å². The Hall–Kier alpha value is -1.55. The maximum Gasteiger partial charge on any atom is 0.313 e. The Bertz CT molecular complexity index is 398. The summed E-state index contributed by atoms with van der Waals surface area (Å²) in [7, 11) is 4.87. The molecule has 0 aliphatic rings. The molecule has 1 unspecified atom stereocenters. The van der Waals surface area contributed by atoms with Gasteiger partial charge in [-0.15, -0.1) is 0 Å². The molecule has 1 aromatic rings. The fourth-order valence-electron chi connectivity index (χ4n) is 2.12. The van der Waals surface area contributed by atoms with Crippen LogP contribution >= 0.6 is 0 Å². The van der Waals surface area contributed by atoms with Crippen LogP contribution in [0.1, 0.15) is 25.5 Å². The molecule has 0 saturated carbocycles. The summed E-state index contributed by atoms with van der Waals surface area (Å²) in [6, 6.07) is 7.55. The molecule has 100 valence electrons. The van der Waals surface area contributed by atoms with Crippen LogP contribution < -0.4 is 10.1 Å². The van der Waals surface area contributed by atoms with E-state index in [1.165, 1.54) is 7.11 Å². The third-order valence-corrected chi connectivity index (χ3v) is 3.17. The summed E-state index contributed by atoms with van der Waals surface area (Å²) in [5.74, 6) is 0.558. The minimum Gasteiger partial charge on any atom is -0.497 e. The van der Waals surface area contributed by atoms with E-state index in [9.17, 15) is 4.79 Å². The van der Waals surface area contributed by atoms with E-state index in [-0.39, 0.29) is 12.0 Å². The summed E-state index contributed by atoms with van der Waals surface area (Å²) in [4.78, 5) is 11.8. The lowest BCUT2D eigenvalue weighted by molar-refractivity contribution is -0.152. The van der Waals surface area contributed by atoms with E-state index in [1.807, 2.05) is 45.2 Å². The van der Waals surface area contributed by atoms with Crippen molar-refractivity contribution in [2.75, 3.05) is 21.3 Å². The minimum absolute atomic E-state index is 0.115. The molecule has 0 spiro atoms. The molecule has 0 aliphatic carbocycles. The van der Waals surface area contributed by atoms with Crippen molar-refractivity contribution in [1.82, 2.24) is 5.32 Å². The first-order valence-corrected chi connectivity index (χ1v) is 5.87. The van der Waals surface area contributed by atoms with Gasteiger partial charge in [-0.05, 0) is 38.6 Å². The van der Waals surface area contributed by atoms with Gasteiger partial charge in [0.15, 0.2) is 0 Å². The van der Waals surface area contributed by atoms with Crippen molar-refractivity contribution in [2.24, 2.45) is 5.41 Å². The number of carbonyl (C=O) groups is 1. The van der Waals surface area contributed by atoms with Gasteiger partial charge in [-0.1, -0.05) is 12.1 Å². The molecular weight excluding hydrogens is 230 g/mol. The van der Waals surface area contributed by atoms with Gasteiger partial charge in [0, 0.05) is 6.04 Å². The lowest BCUT2D eigenvalue weighted by atomic mass is 9.80. The fraction of sp³-hybridized carbons (Fsp3) is 0.500. The molecule has 0 fully saturated rings. The Morgan fingerprint density at radius 2 is 1.78 bits per heavy atom. The van der Waals surface area contributed by atoms with Gasteiger partial charge in [0.1, 0.15) is 5.75 Å². The standard InChI is InChI=1S/C14H21NO3/c1-14(2,13(16)18-5)12(15-3)10-6-8-11(17-4)9-7-10/h6-9,12,15H,1-5H3. The maximum absolute atomic E-state index is 11.8. The topological polar surface area (TPSA) is 47.6 Å². The Kier molecular flexibility index (Phi) is 4.73. The van der Waals surface area contributed by atoms with Crippen LogP contribution in [0.15, 0.2) is 24.3 Å². The molecule has 0 aliphatic heterocycles. The summed E-state index contributed by atoms with van der Waals surface area (Å²) in [5.41, 5.74) is 0.381. The fourth-order valence-corrected chi connectivity index (χ4v) is 2.12. The number of hydrogen-bond donors (Lipinski definition) is 1. The van der Waals surface area contributed by atoms with Crippen LogP contribution in [0.5, 0.6) is 5.75 Å². The normalized spacial score (nSPS) is 12.9. The number of hydrogen-bond acceptors (Lipinski definition) is 4. The zero-order valence-corrected chi connectivity index (χ0v) is 11.6. The highest BCUT2D eigenvalue weighted by atomic mass is 16.5. The van der Waals surface area contributed by atoms with Crippen LogP contribution in [0.2, 0.25) is 0 Å². The Morgan fingerprint density at radius 1 is 1.22 bits per heavy atom. The van der Waals surface area contributed by atoms with E-state index < -0.39 is 5.41 Å². The summed E-state index contributed by atoms with van der Waals surface area (Å²) < 4.78 is 9.99. The molecule has 0 amide bonds. The Balaban J connectivity index is 3.04. The number of rotatable bonds is 5. The second-order valence-corrected chi connectivity index (χ2v) is 4.71. The monoisotopic (exact) mass is 251 g/mol. The SMILES string of the molecule is CNC(c1ccc(OC)cc1)C(C)(C)C(=O)OC. The van der Waals surface area contributed by atoms with Gasteiger partial charge >= 0.3 is 5.97 Å². The Labute approximate surface area is 108 Å². The largest absolute Gasteiger partial charge is 0.497 e. The molecule has 0 radical (unpaired) electrons. The molecule has 18 heavy (non-hydrogen) atoms. The number of carbonyl (C=O) groups excluding carboxylic acids is 1. The van der Waals surface area contributed by atoms with Crippen LogP contribution in [0.4, 0.5) is 0 Å². The predicted octanol–water partition coefficient (Wildman–Crippen LogP) is 2.15. The first-order valence-electron chi connectivity index (χ1n) is 5.87. The number of esters is 1. The molecule has 1 N–H and O–H groups in total. The first kappa shape index (κ1) is 14.5. The van der Waals surface area contributed by atoms with Crippen molar-refractivity contribution in [3.63, 3.8) is 0 Å². The van der Waals surface area contributed by atoms with E-state index in [0.717, 1.165) is 11.3 Å². The smallest absolute Gasteiger partial charge is 0.313 e. The minimum atomic E-state index is -0.641. The number of nitrogens with one attached hydrogen (secondary N) is 1. The zero-order chi connectivity index (χ0) is 13.8. The highest BCUT2D eigenvalue weighted by Gasteiger charge is 2.37. The lowest BCUT2D eigenvalue weighted by Crippen LogP contribution is -2.39. The molecular formula is C14H21NO3. The van der Waals surface area contributed by atoms with Crippen LogP contribution in [0, 0.1) is 5.41 Å². The van der Waals surface area contributed by atoms with Gasteiger partial charge in [0.25, 0.3) is 0 Å². The molecule has 1 rings (SSSR count). The van der Waals surface area contributed by atoms with Crippen LogP contribution in [-0.4, -0.2) is 27.2 Å². The molecule has 0 aromatic heterocycles. The maximum atomic E-state index is 11.8. The highest BCUT2D eigenvalue weighted by Crippen LogP contribution is 2.34. The second-order valence-electron chi connectivity index (χ2n) is 4.71. The van der Waals surface area contributed by atoms with Crippen LogP contribution in [0.25, 0.3) is 0 Å². The number of ether oxygens (including phenoxy) is 2. The lowest BCUT2D eigenvalue weighted by Gasteiger charge is -2.31.